The minimum absolute atomic E-state index is 0.0252. The smallest absolute Gasteiger partial charge is 0.338 e. The molecule has 11 heteroatoms. The first kappa shape index (κ1) is 26.3. The number of ether oxygens (including phenoxy) is 1. The molecule has 0 N–H and O–H groups in total. The average molecular weight is 564 g/mol. The number of aryl methyl sites for hydroxylation is 1. The summed E-state index contributed by atoms with van der Waals surface area (Å²) in [5.41, 5.74) is 2.50. The normalized spacial score (nSPS) is 15.2. The number of nitrogens with zero attached hydrogens (tertiary/aromatic N) is 3. The highest BCUT2D eigenvalue weighted by Crippen LogP contribution is 2.32. The van der Waals surface area contributed by atoms with E-state index in [1.165, 1.54) is 28.0 Å². The number of hydrogen-bond acceptors (Lipinski definition) is 8. The maximum Gasteiger partial charge on any atom is 0.338 e. The number of rotatable bonds is 6. The molecule has 2 aromatic carbocycles. The van der Waals surface area contributed by atoms with Crippen LogP contribution >= 0.6 is 22.9 Å². The first-order chi connectivity index (χ1) is 18.7. The molecular weight excluding hydrogens is 542 g/mol. The summed E-state index contributed by atoms with van der Waals surface area (Å²) in [6, 6.07) is 14.6. The Morgan fingerprint density at radius 1 is 1.21 bits per heavy atom. The van der Waals surface area contributed by atoms with E-state index in [0.29, 0.717) is 37.7 Å². The number of fused-ring (bicyclic) bond motifs is 1. The van der Waals surface area contributed by atoms with E-state index in [4.69, 9.17) is 20.8 Å². The summed E-state index contributed by atoms with van der Waals surface area (Å²) in [6.07, 6.45) is 1.59. The molecule has 0 saturated carbocycles. The van der Waals surface area contributed by atoms with Gasteiger partial charge in [-0.3, -0.25) is 19.5 Å². The molecule has 0 bridgehead atoms. The van der Waals surface area contributed by atoms with E-state index >= 15 is 0 Å². The maximum atomic E-state index is 13.7. The van der Waals surface area contributed by atoms with Crippen molar-refractivity contribution in [1.29, 1.82) is 0 Å². The Morgan fingerprint density at radius 3 is 2.64 bits per heavy atom. The van der Waals surface area contributed by atoms with Crippen molar-refractivity contribution in [2.24, 2.45) is 4.99 Å². The molecule has 1 aliphatic heterocycles. The van der Waals surface area contributed by atoms with Gasteiger partial charge in [-0.1, -0.05) is 52.8 Å². The van der Waals surface area contributed by atoms with Crippen molar-refractivity contribution < 1.29 is 18.9 Å². The Labute approximate surface area is 231 Å². The van der Waals surface area contributed by atoms with Crippen LogP contribution in [0, 0.1) is 17.0 Å². The third-order valence-electron chi connectivity index (χ3n) is 6.24. The largest absolute Gasteiger partial charge is 0.463 e. The fourth-order valence-electron chi connectivity index (χ4n) is 4.38. The zero-order valence-corrected chi connectivity index (χ0v) is 22.7. The van der Waals surface area contributed by atoms with Crippen LogP contribution in [0.25, 0.3) is 17.4 Å². The van der Waals surface area contributed by atoms with Gasteiger partial charge in [0.2, 0.25) is 0 Å². The fraction of sp³-hybridized carbons (Fsp3) is 0.179. The fourth-order valence-corrected chi connectivity index (χ4v) is 5.59. The minimum atomic E-state index is -0.704. The summed E-state index contributed by atoms with van der Waals surface area (Å²) in [7, 11) is 0. The lowest BCUT2D eigenvalue weighted by atomic mass is 9.95. The topological polar surface area (TPSA) is 117 Å². The zero-order valence-electron chi connectivity index (χ0n) is 21.1. The third kappa shape index (κ3) is 4.96. The molecular formula is C28H22ClN3O6S. The van der Waals surface area contributed by atoms with E-state index in [1.807, 2.05) is 31.2 Å². The molecule has 3 heterocycles. The van der Waals surface area contributed by atoms with E-state index in [-0.39, 0.29) is 22.9 Å². The minimum Gasteiger partial charge on any atom is -0.463 e. The molecule has 4 aromatic rings. The Kier molecular flexibility index (Phi) is 7.07. The van der Waals surface area contributed by atoms with Crippen molar-refractivity contribution in [1.82, 2.24) is 4.57 Å². The van der Waals surface area contributed by atoms with Gasteiger partial charge in [0.25, 0.3) is 11.2 Å². The lowest BCUT2D eigenvalue weighted by Gasteiger charge is -2.24. The lowest BCUT2D eigenvalue weighted by Crippen LogP contribution is -2.39. The standard InChI is InChI=1S/C28H22ClN3O6S/c1-4-37-27(34)24-16(3)30-28-31(25(24)17-7-5-15(2)6-8-17)26(33)23(39-28)14-19-10-12-22(38-19)18-9-11-20(29)21(13-18)32(35)36/h5-14,25H,4H2,1-3H3/b23-14-/t25-/m1/s1. The second-order valence-electron chi connectivity index (χ2n) is 8.84. The van der Waals surface area contributed by atoms with Crippen LogP contribution in [0.1, 0.15) is 36.8 Å². The van der Waals surface area contributed by atoms with Gasteiger partial charge in [0.05, 0.1) is 33.4 Å². The molecule has 198 valence electrons. The quantitative estimate of drug-likeness (QED) is 0.186. The molecule has 5 rings (SSSR count). The number of benzene rings is 2. The summed E-state index contributed by atoms with van der Waals surface area (Å²) in [4.78, 5) is 42.4. The van der Waals surface area contributed by atoms with Gasteiger partial charge in [-0.15, -0.1) is 0 Å². The molecule has 0 radical (unpaired) electrons. The Balaban J connectivity index is 1.61. The van der Waals surface area contributed by atoms with Crippen molar-refractivity contribution >= 4 is 40.7 Å². The number of nitro benzene ring substituents is 1. The van der Waals surface area contributed by atoms with Crippen LogP contribution in [-0.4, -0.2) is 22.1 Å². The number of furan rings is 1. The molecule has 0 spiro atoms. The maximum absolute atomic E-state index is 13.7. The SMILES string of the molecule is CCOC(=O)C1=C(C)N=c2s/c(=C\c3ccc(-c4ccc(Cl)c([N+](=O)[O-])c4)o3)c(=O)n2[C@@H]1c1ccc(C)cc1. The summed E-state index contributed by atoms with van der Waals surface area (Å²) >= 11 is 7.10. The van der Waals surface area contributed by atoms with Crippen LogP contribution in [0.2, 0.25) is 5.02 Å². The van der Waals surface area contributed by atoms with Crippen molar-refractivity contribution in [2.75, 3.05) is 6.61 Å². The van der Waals surface area contributed by atoms with Crippen LogP contribution < -0.4 is 14.9 Å². The highest BCUT2D eigenvalue weighted by molar-refractivity contribution is 7.07. The predicted octanol–water partition coefficient (Wildman–Crippen LogP) is 4.93. The number of carbonyl (C=O) groups is 1. The van der Waals surface area contributed by atoms with Crippen molar-refractivity contribution in [3.63, 3.8) is 0 Å². The summed E-state index contributed by atoms with van der Waals surface area (Å²) < 4.78 is 13.1. The van der Waals surface area contributed by atoms with Gasteiger partial charge in [-0.25, -0.2) is 9.79 Å². The van der Waals surface area contributed by atoms with E-state index in [9.17, 15) is 19.7 Å². The molecule has 0 unspecified atom stereocenters. The second-order valence-corrected chi connectivity index (χ2v) is 10.3. The Morgan fingerprint density at radius 2 is 1.95 bits per heavy atom. The van der Waals surface area contributed by atoms with Gasteiger partial charge in [0.1, 0.15) is 16.5 Å². The Hall–Kier alpha value is -4.28. The summed E-state index contributed by atoms with van der Waals surface area (Å²) in [6.45, 7) is 5.61. The van der Waals surface area contributed by atoms with Crippen LogP contribution in [-0.2, 0) is 9.53 Å². The number of carbonyl (C=O) groups excluding carboxylic acids is 1. The average Bonchev–Trinajstić information content (AvgIpc) is 3.48. The van der Waals surface area contributed by atoms with Gasteiger partial charge in [-0.2, -0.15) is 0 Å². The molecule has 0 saturated heterocycles. The molecule has 1 atom stereocenters. The first-order valence-electron chi connectivity index (χ1n) is 12.0. The van der Waals surface area contributed by atoms with Gasteiger partial charge in [0, 0.05) is 17.7 Å². The molecule has 9 nitrogen and oxygen atoms in total. The number of thiazole rings is 1. The number of allylic oxidation sites excluding steroid dienone is 1. The van der Waals surface area contributed by atoms with Gasteiger partial charge in [-0.05, 0) is 50.6 Å². The number of halogens is 1. The number of hydrogen-bond donors (Lipinski definition) is 0. The number of nitro groups is 1. The lowest BCUT2D eigenvalue weighted by molar-refractivity contribution is -0.384. The van der Waals surface area contributed by atoms with E-state index in [0.717, 1.165) is 11.1 Å². The molecule has 39 heavy (non-hydrogen) atoms. The second kappa shape index (κ2) is 10.5. The molecule has 2 aromatic heterocycles. The van der Waals surface area contributed by atoms with Crippen LogP contribution in [0.3, 0.4) is 0 Å². The van der Waals surface area contributed by atoms with Gasteiger partial charge >= 0.3 is 5.97 Å². The molecule has 1 aliphatic rings. The Bertz CT molecular complexity index is 1830. The predicted molar refractivity (Wildman–Crippen MR) is 147 cm³/mol. The summed E-state index contributed by atoms with van der Waals surface area (Å²) in [5, 5.41) is 11.3. The molecule has 0 amide bonds. The van der Waals surface area contributed by atoms with Gasteiger partial charge in [0.15, 0.2) is 4.80 Å². The number of aromatic nitrogens is 1. The van der Waals surface area contributed by atoms with Crippen LogP contribution in [0.15, 0.2) is 80.1 Å². The number of esters is 1. The summed E-state index contributed by atoms with van der Waals surface area (Å²) in [5.74, 6) is 0.235. The molecule has 0 fully saturated rings. The van der Waals surface area contributed by atoms with E-state index < -0.39 is 16.9 Å². The first-order valence-corrected chi connectivity index (χ1v) is 13.2. The monoisotopic (exact) mass is 563 g/mol. The van der Waals surface area contributed by atoms with Crippen molar-refractivity contribution in [3.05, 3.63) is 118 Å². The van der Waals surface area contributed by atoms with Gasteiger partial charge < -0.3 is 9.15 Å². The van der Waals surface area contributed by atoms with Crippen molar-refractivity contribution in [2.45, 2.75) is 26.8 Å². The van der Waals surface area contributed by atoms with Crippen LogP contribution in [0.4, 0.5) is 5.69 Å². The van der Waals surface area contributed by atoms with Crippen molar-refractivity contribution in [3.8, 4) is 11.3 Å². The zero-order chi connectivity index (χ0) is 27.8. The molecule has 0 aliphatic carbocycles. The van der Waals surface area contributed by atoms with E-state index in [2.05, 4.69) is 4.99 Å². The van der Waals surface area contributed by atoms with E-state index in [1.54, 1.807) is 38.1 Å². The van der Waals surface area contributed by atoms with Crippen LogP contribution in [0.5, 0.6) is 0 Å². The highest BCUT2D eigenvalue weighted by atomic mass is 35.5. The third-order valence-corrected chi connectivity index (χ3v) is 7.54. The highest BCUT2D eigenvalue weighted by Gasteiger charge is 2.33.